The smallest absolute Gasteiger partial charge is 0.343 e. The lowest BCUT2D eigenvalue weighted by molar-refractivity contribution is -0.124. The molecule has 4 aliphatic carbocycles. The molecule has 6 heteroatoms. The predicted octanol–water partition coefficient (Wildman–Crippen LogP) is 4.23. The van der Waals surface area contributed by atoms with Gasteiger partial charge in [0.15, 0.2) is 0 Å². The summed E-state index contributed by atoms with van der Waals surface area (Å²) in [6.07, 6.45) is 5.47. The number of imide groups is 1. The summed E-state index contributed by atoms with van der Waals surface area (Å²) in [4.78, 5) is 40.1. The van der Waals surface area contributed by atoms with Gasteiger partial charge >= 0.3 is 5.97 Å². The normalized spacial score (nSPS) is 32.8. The first-order valence-corrected chi connectivity index (χ1v) is 11.0. The van der Waals surface area contributed by atoms with Crippen LogP contribution in [0.2, 0.25) is 0 Å². The lowest BCUT2D eigenvalue weighted by Crippen LogP contribution is -2.40. The molecule has 1 heterocycles. The molecule has 2 saturated carbocycles. The maximum atomic E-state index is 13.2. The first kappa shape index (κ1) is 18.1. The molecule has 2 aromatic rings. The van der Waals surface area contributed by atoms with Crippen molar-refractivity contribution < 1.29 is 19.1 Å². The second-order valence-electron chi connectivity index (χ2n) is 8.56. The zero-order valence-corrected chi connectivity index (χ0v) is 17.5. The number of nitrogens with zero attached hydrogens (tertiary/aromatic N) is 1. The van der Waals surface area contributed by atoms with Crippen molar-refractivity contribution in [3.05, 3.63) is 70.7 Å². The Morgan fingerprint density at radius 2 is 1.43 bits per heavy atom. The molecule has 2 amide bonds. The number of amides is 2. The molecule has 6 unspecified atom stereocenters. The van der Waals surface area contributed by atoms with Crippen LogP contribution in [0.4, 0.5) is 5.69 Å². The third kappa shape index (κ3) is 2.56. The highest BCUT2D eigenvalue weighted by Gasteiger charge is 2.67. The molecule has 6 atom stereocenters. The zero-order chi connectivity index (χ0) is 20.6. The molecule has 5 aliphatic rings. The van der Waals surface area contributed by atoms with E-state index in [1.807, 2.05) is 0 Å². The van der Waals surface area contributed by atoms with Gasteiger partial charge in [-0.1, -0.05) is 28.1 Å². The van der Waals surface area contributed by atoms with E-state index in [2.05, 4.69) is 28.1 Å². The van der Waals surface area contributed by atoms with Gasteiger partial charge in [-0.3, -0.25) is 14.5 Å². The average Bonchev–Trinajstić information content (AvgIpc) is 3.53. The SMILES string of the molecule is O=C(Oc1ccc(Br)cc1)c1ccc(N2C(=O)C3C4C=CC(C5CC45)C3C2=O)cc1. The van der Waals surface area contributed by atoms with E-state index in [0.29, 0.717) is 28.8 Å². The van der Waals surface area contributed by atoms with Gasteiger partial charge in [-0.2, -0.15) is 0 Å². The van der Waals surface area contributed by atoms with Crippen LogP contribution >= 0.6 is 15.9 Å². The maximum Gasteiger partial charge on any atom is 0.343 e. The van der Waals surface area contributed by atoms with Gasteiger partial charge in [0, 0.05) is 4.47 Å². The van der Waals surface area contributed by atoms with Crippen molar-refractivity contribution in [3.8, 4) is 5.75 Å². The van der Waals surface area contributed by atoms with Crippen LogP contribution in [-0.4, -0.2) is 17.8 Å². The molecule has 0 N–H and O–H groups in total. The molecule has 0 spiro atoms. The number of halogens is 1. The summed E-state index contributed by atoms with van der Waals surface area (Å²) >= 11 is 3.34. The van der Waals surface area contributed by atoms with E-state index in [9.17, 15) is 14.4 Å². The van der Waals surface area contributed by atoms with Gasteiger partial charge in [-0.25, -0.2) is 4.79 Å². The van der Waals surface area contributed by atoms with Crippen LogP contribution < -0.4 is 9.64 Å². The largest absolute Gasteiger partial charge is 0.423 e. The minimum atomic E-state index is -0.487. The first-order chi connectivity index (χ1) is 14.5. The van der Waals surface area contributed by atoms with Crippen LogP contribution in [0.1, 0.15) is 16.8 Å². The van der Waals surface area contributed by atoms with Gasteiger partial charge in [0.1, 0.15) is 5.75 Å². The zero-order valence-electron chi connectivity index (χ0n) is 15.9. The van der Waals surface area contributed by atoms with E-state index in [4.69, 9.17) is 4.74 Å². The minimum Gasteiger partial charge on any atom is -0.423 e. The number of carbonyl (C=O) groups is 3. The Hall–Kier alpha value is -2.73. The molecule has 0 radical (unpaired) electrons. The number of rotatable bonds is 3. The van der Waals surface area contributed by atoms with Gasteiger partial charge in [-0.15, -0.1) is 0 Å². The number of allylic oxidation sites excluding steroid dienone is 2. The topological polar surface area (TPSA) is 63.7 Å². The minimum absolute atomic E-state index is 0.0973. The van der Waals surface area contributed by atoms with Crippen LogP contribution in [-0.2, 0) is 9.59 Å². The molecule has 0 aromatic heterocycles. The summed E-state index contributed by atoms with van der Waals surface area (Å²) in [5.74, 6) is 0.874. The van der Waals surface area contributed by atoms with Gasteiger partial charge in [-0.05, 0) is 78.6 Å². The van der Waals surface area contributed by atoms with Crippen molar-refractivity contribution in [2.75, 3.05) is 4.90 Å². The number of esters is 1. The fourth-order valence-corrected chi connectivity index (χ4v) is 5.89. The van der Waals surface area contributed by atoms with E-state index in [1.165, 1.54) is 4.90 Å². The standard InChI is InChI=1S/C24H18BrNO4/c25-13-3-7-15(8-4-13)30-24(29)12-1-5-14(6-2-12)26-22(27)20-16-9-10-17(19-11-18(16)19)21(20)23(26)28/h1-10,16-21H,11H2. The molecule has 7 rings (SSSR count). The highest BCUT2D eigenvalue weighted by Crippen LogP contribution is 2.65. The summed E-state index contributed by atoms with van der Waals surface area (Å²) in [6.45, 7) is 0. The lowest BCUT2D eigenvalue weighted by Gasteiger charge is -2.37. The monoisotopic (exact) mass is 463 g/mol. The molecule has 30 heavy (non-hydrogen) atoms. The quantitative estimate of drug-likeness (QED) is 0.295. The summed E-state index contributed by atoms with van der Waals surface area (Å²) in [7, 11) is 0. The van der Waals surface area contributed by atoms with Crippen molar-refractivity contribution in [1.29, 1.82) is 0 Å². The van der Waals surface area contributed by atoms with E-state index >= 15 is 0 Å². The molecular weight excluding hydrogens is 446 g/mol. The Morgan fingerprint density at radius 3 is 2.00 bits per heavy atom. The Labute approximate surface area is 181 Å². The van der Waals surface area contributed by atoms with Gasteiger partial charge in [0.25, 0.3) is 0 Å². The molecule has 1 saturated heterocycles. The van der Waals surface area contributed by atoms with Crippen molar-refractivity contribution in [3.63, 3.8) is 0 Å². The average molecular weight is 464 g/mol. The highest BCUT2D eigenvalue weighted by atomic mass is 79.9. The first-order valence-electron chi connectivity index (χ1n) is 10.2. The molecule has 3 fully saturated rings. The Kier molecular flexibility index (Phi) is 3.84. The third-order valence-electron chi connectivity index (χ3n) is 7.05. The van der Waals surface area contributed by atoms with Gasteiger partial charge < -0.3 is 4.74 Å². The summed E-state index contributed by atoms with van der Waals surface area (Å²) < 4.78 is 6.27. The van der Waals surface area contributed by atoms with Crippen LogP contribution in [0.15, 0.2) is 65.2 Å². The van der Waals surface area contributed by atoms with Gasteiger partial charge in [0.05, 0.1) is 23.1 Å². The predicted molar refractivity (Wildman–Crippen MR) is 113 cm³/mol. The van der Waals surface area contributed by atoms with Crippen molar-refractivity contribution in [2.45, 2.75) is 6.42 Å². The maximum absolute atomic E-state index is 13.2. The fraction of sp³-hybridized carbons (Fsp3) is 0.292. The van der Waals surface area contributed by atoms with E-state index < -0.39 is 5.97 Å². The fourth-order valence-electron chi connectivity index (χ4n) is 5.63. The van der Waals surface area contributed by atoms with Crippen LogP contribution in [0.25, 0.3) is 0 Å². The number of anilines is 1. The second kappa shape index (κ2) is 6.38. The van der Waals surface area contributed by atoms with E-state index in [0.717, 1.165) is 10.9 Å². The summed E-state index contributed by atoms with van der Waals surface area (Å²) in [5.41, 5.74) is 0.883. The molecule has 5 nitrogen and oxygen atoms in total. The molecule has 150 valence electrons. The Morgan fingerprint density at radius 1 is 0.867 bits per heavy atom. The summed E-state index contributed by atoms with van der Waals surface area (Å²) in [5, 5.41) is 0. The van der Waals surface area contributed by atoms with Crippen molar-refractivity contribution >= 4 is 39.4 Å². The number of benzene rings is 2. The Balaban J connectivity index is 1.23. The molecular formula is C24H18BrNO4. The van der Waals surface area contributed by atoms with Gasteiger partial charge in [0.2, 0.25) is 11.8 Å². The molecule has 2 aromatic carbocycles. The summed E-state index contributed by atoms with van der Waals surface area (Å²) in [6, 6.07) is 13.5. The van der Waals surface area contributed by atoms with Crippen molar-refractivity contribution in [2.24, 2.45) is 35.5 Å². The number of carbonyl (C=O) groups excluding carboxylic acids is 3. The molecule has 1 aliphatic heterocycles. The van der Waals surface area contributed by atoms with E-state index in [-0.39, 0.29) is 35.5 Å². The van der Waals surface area contributed by atoms with Crippen LogP contribution in [0.3, 0.4) is 0 Å². The molecule has 2 bridgehead atoms. The third-order valence-corrected chi connectivity index (χ3v) is 7.58. The number of hydrogen-bond acceptors (Lipinski definition) is 4. The highest BCUT2D eigenvalue weighted by molar-refractivity contribution is 9.10. The lowest BCUT2D eigenvalue weighted by atomic mass is 9.63. The number of ether oxygens (including phenoxy) is 1. The number of hydrogen-bond donors (Lipinski definition) is 0. The van der Waals surface area contributed by atoms with Crippen LogP contribution in [0, 0.1) is 35.5 Å². The van der Waals surface area contributed by atoms with Crippen LogP contribution in [0.5, 0.6) is 5.75 Å². The van der Waals surface area contributed by atoms with E-state index in [1.54, 1.807) is 48.5 Å². The van der Waals surface area contributed by atoms with Crippen molar-refractivity contribution in [1.82, 2.24) is 0 Å². The Bertz CT molecular complexity index is 1070. The second-order valence-corrected chi connectivity index (χ2v) is 9.47.